The van der Waals surface area contributed by atoms with Crippen molar-refractivity contribution < 1.29 is 14.3 Å². The molecule has 86 valence electrons. The first-order valence-corrected chi connectivity index (χ1v) is 5.04. The Bertz CT molecular complexity index is 388. The van der Waals surface area contributed by atoms with Gasteiger partial charge in [-0.2, -0.15) is 0 Å². The molecule has 0 aliphatic carbocycles. The van der Waals surface area contributed by atoms with Crippen LogP contribution in [-0.2, 0) is 9.53 Å². The van der Waals surface area contributed by atoms with E-state index in [4.69, 9.17) is 4.74 Å². The number of para-hydroxylation sites is 1. The van der Waals surface area contributed by atoms with Gasteiger partial charge in [0.15, 0.2) is 5.78 Å². The zero-order valence-corrected chi connectivity index (χ0v) is 9.45. The molecular formula is C12H15NO3. The van der Waals surface area contributed by atoms with E-state index in [9.17, 15) is 9.59 Å². The minimum Gasteiger partial charge on any atom is -0.384 e. The normalized spacial score (nSPS) is 9.88. The van der Waals surface area contributed by atoms with E-state index in [1.54, 1.807) is 24.3 Å². The maximum atomic E-state index is 11.4. The van der Waals surface area contributed by atoms with E-state index in [1.165, 1.54) is 14.0 Å². The molecule has 0 heterocycles. The summed E-state index contributed by atoms with van der Waals surface area (Å²) in [5.74, 6) is -0.224. The highest BCUT2D eigenvalue weighted by Crippen LogP contribution is 2.15. The number of ether oxygens (including phenoxy) is 1. The van der Waals surface area contributed by atoms with Crippen molar-refractivity contribution in [2.24, 2.45) is 0 Å². The summed E-state index contributed by atoms with van der Waals surface area (Å²) in [5.41, 5.74) is 1.07. The molecule has 0 aliphatic heterocycles. The molecule has 1 aromatic rings. The van der Waals surface area contributed by atoms with Crippen molar-refractivity contribution in [1.82, 2.24) is 0 Å². The molecule has 0 radical (unpaired) electrons. The number of amides is 1. The Hall–Kier alpha value is -1.68. The van der Waals surface area contributed by atoms with Crippen LogP contribution >= 0.6 is 0 Å². The average molecular weight is 221 g/mol. The van der Waals surface area contributed by atoms with Crippen molar-refractivity contribution in [1.29, 1.82) is 0 Å². The van der Waals surface area contributed by atoms with Gasteiger partial charge in [0.1, 0.15) is 0 Å². The number of benzene rings is 1. The zero-order chi connectivity index (χ0) is 12.0. The summed E-state index contributed by atoms with van der Waals surface area (Å²) in [6.45, 7) is 1.84. The summed E-state index contributed by atoms with van der Waals surface area (Å²) < 4.78 is 4.80. The summed E-state index contributed by atoms with van der Waals surface area (Å²) in [6, 6.07) is 6.94. The van der Waals surface area contributed by atoms with Crippen LogP contribution in [0.25, 0.3) is 0 Å². The van der Waals surface area contributed by atoms with E-state index < -0.39 is 0 Å². The Morgan fingerprint density at radius 1 is 1.31 bits per heavy atom. The van der Waals surface area contributed by atoms with Crippen LogP contribution in [0.15, 0.2) is 24.3 Å². The number of Topliss-reactive ketones (excluding diaryl/α,β-unsaturated/α-hetero) is 1. The molecule has 0 spiro atoms. The van der Waals surface area contributed by atoms with Gasteiger partial charge in [0.25, 0.3) is 0 Å². The number of ketones is 1. The molecule has 0 bridgehead atoms. The molecule has 0 aromatic heterocycles. The Morgan fingerprint density at radius 3 is 2.62 bits per heavy atom. The Balaban J connectivity index is 2.73. The fourth-order valence-electron chi connectivity index (χ4n) is 1.31. The summed E-state index contributed by atoms with van der Waals surface area (Å²) in [5, 5.41) is 2.69. The van der Waals surface area contributed by atoms with Crippen molar-refractivity contribution in [2.45, 2.75) is 13.3 Å². The molecule has 1 N–H and O–H groups in total. The third kappa shape index (κ3) is 3.47. The number of hydrogen-bond acceptors (Lipinski definition) is 3. The standard InChI is InChI=1S/C12H15NO3/c1-9(14)10-5-3-4-6-11(10)13-12(15)7-8-16-2/h3-6H,7-8H2,1-2H3,(H,13,15). The molecule has 1 aromatic carbocycles. The first kappa shape index (κ1) is 12.4. The predicted octanol–water partition coefficient (Wildman–Crippen LogP) is 1.86. The minimum atomic E-state index is -0.157. The van der Waals surface area contributed by atoms with Crippen molar-refractivity contribution in [3.63, 3.8) is 0 Å². The molecule has 0 atom stereocenters. The second-order valence-corrected chi connectivity index (χ2v) is 3.39. The summed E-state index contributed by atoms with van der Waals surface area (Å²) in [6.07, 6.45) is 0.280. The van der Waals surface area contributed by atoms with Gasteiger partial charge < -0.3 is 10.1 Å². The van der Waals surface area contributed by atoms with Crippen LogP contribution in [0.2, 0.25) is 0 Å². The van der Waals surface area contributed by atoms with Crippen LogP contribution in [0.5, 0.6) is 0 Å². The minimum absolute atomic E-state index is 0.0670. The number of methoxy groups -OCH3 is 1. The molecule has 0 unspecified atom stereocenters. The van der Waals surface area contributed by atoms with E-state index in [2.05, 4.69) is 5.32 Å². The summed E-state index contributed by atoms with van der Waals surface area (Å²) in [4.78, 5) is 22.7. The van der Waals surface area contributed by atoms with E-state index in [1.807, 2.05) is 0 Å². The Kier molecular flexibility index (Phi) is 4.66. The SMILES string of the molecule is COCCC(=O)Nc1ccccc1C(C)=O. The van der Waals surface area contributed by atoms with Crippen LogP contribution < -0.4 is 5.32 Å². The second-order valence-electron chi connectivity index (χ2n) is 3.39. The van der Waals surface area contributed by atoms with Crippen molar-refractivity contribution in [2.75, 3.05) is 19.0 Å². The van der Waals surface area contributed by atoms with Crippen LogP contribution in [-0.4, -0.2) is 25.4 Å². The molecule has 0 aliphatic rings. The van der Waals surface area contributed by atoms with Crippen molar-refractivity contribution in [3.05, 3.63) is 29.8 Å². The smallest absolute Gasteiger partial charge is 0.226 e. The molecule has 1 amide bonds. The maximum Gasteiger partial charge on any atom is 0.226 e. The quantitative estimate of drug-likeness (QED) is 0.772. The third-order valence-corrected chi connectivity index (χ3v) is 2.11. The molecule has 0 saturated carbocycles. The molecule has 4 heteroatoms. The highest BCUT2D eigenvalue weighted by atomic mass is 16.5. The summed E-state index contributed by atoms with van der Waals surface area (Å²) >= 11 is 0. The molecule has 0 saturated heterocycles. The van der Waals surface area contributed by atoms with Crippen LogP contribution in [0.3, 0.4) is 0 Å². The predicted molar refractivity (Wildman–Crippen MR) is 61.6 cm³/mol. The van der Waals surface area contributed by atoms with Crippen molar-refractivity contribution in [3.8, 4) is 0 Å². The topological polar surface area (TPSA) is 55.4 Å². The molecular weight excluding hydrogens is 206 g/mol. The maximum absolute atomic E-state index is 11.4. The van der Waals surface area contributed by atoms with E-state index in [-0.39, 0.29) is 18.1 Å². The van der Waals surface area contributed by atoms with E-state index in [0.717, 1.165) is 0 Å². The Morgan fingerprint density at radius 2 is 2.00 bits per heavy atom. The molecule has 0 fully saturated rings. The first-order chi connectivity index (χ1) is 7.65. The third-order valence-electron chi connectivity index (χ3n) is 2.11. The summed E-state index contributed by atoms with van der Waals surface area (Å²) in [7, 11) is 1.54. The van der Waals surface area contributed by atoms with Gasteiger partial charge in [-0.1, -0.05) is 12.1 Å². The zero-order valence-electron chi connectivity index (χ0n) is 9.45. The van der Waals surface area contributed by atoms with Gasteiger partial charge in [0.05, 0.1) is 18.7 Å². The highest BCUT2D eigenvalue weighted by molar-refractivity contribution is 6.03. The molecule has 4 nitrogen and oxygen atoms in total. The van der Waals surface area contributed by atoms with Gasteiger partial charge in [-0.15, -0.1) is 0 Å². The number of anilines is 1. The van der Waals surface area contributed by atoms with Gasteiger partial charge in [0, 0.05) is 12.7 Å². The van der Waals surface area contributed by atoms with Crippen LogP contribution in [0.1, 0.15) is 23.7 Å². The first-order valence-electron chi connectivity index (χ1n) is 5.04. The van der Waals surface area contributed by atoms with Crippen LogP contribution in [0, 0.1) is 0 Å². The average Bonchev–Trinajstić information content (AvgIpc) is 2.27. The monoisotopic (exact) mass is 221 g/mol. The molecule has 1 rings (SSSR count). The van der Waals surface area contributed by atoms with E-state index in [0.29, 0.717) is 17.9 Å². The van der Waals surface area contributed by atoms with Crippen molar-refractivity contribution >= 4 is 17.4 Å². The van der Waals surface area contributed by atoms with Gasteiger partial charge in [-0.05, 0) is 19.1 Å². The highest BCUT2D eigenvalue weighted by Gasteiger charge is 2.08. The number of carbonyl (C=O) groups is 2. The number of hydrogen-bond donors (Lipinski definition) is 1. The van der Waals surface area contributed by atoms with Gasteiger partial charge in [-0.25, -0.2) is 0 Å². The lowest BCUT2D eigenvalue weighted by Crippen LogP contribution is -2.15. The fourth-order valence-corrected chi connectivity index (χ4v) is 1.31. The van der Waals surface area contributed by atoms with Gasteiger partial charge in [0.2, 0.25) is 5.91 Å². The largest absolute Gasteiger partial charge is 0.384 e. The Labute approximate surface area is 94.6 Å². The second kappa shape index (κ2) is 6.02. The lowest BCUT2D eigenvalue weighted by molar-refractivity contribution is -0.117. The number of carbonyl (C=O) groups excluding carboxylic acids is 2. The fraction of sp³-hybridized carbons (Fsp3) is 0.333. The van der Waals surface area contributed by atoms with Crippen LogP contribution in [0.4, 0.5) is 5.69 Å². The molecule has 16 heavy (non-hydrogen) atoms. The lowest BCUT2D eigenvalue weighted by Gasteiger charge is -2.08. The van der Waals surface area contributed by atoms with E-state index >= 15 is 0 Å². The number of rotatable bonds is 5. The lowest BCUT2D eigenvalue weighted by atomic mass is 10.1. The number of nitrogens with one attached hydrogen (secondary N) is 1. The van der Waals surface area contributed by atoms with Gasteiger partial charge >= 0.3 is 0 Å². The van der Waals surface area contributed by atoms with Gasteiger partial charge in [-0.3, -0.25) is 9.59 Å².